The van der Waals surface area contributed by atoms with Gasteiger partial charge in [0.1, 0.15) is 11.6 Å². The van der Waals surface area contributed by atoms with Crippen molar-refractivity contribution in [3.05, 3.63) is 29.6 Å². The van der Waals surface area contributed by atoms with E-state index >= 15 is 0 Å². The van der Waals surface area contributed by atoms with Gasteiger partial charge in [-0.25, -0.2) is 4.39 Å². The van der Waals surface area contributed by atoms with Crippen LogP contribution < -0.4 is 5.32 Å². The SMILES string of the molecule is CC1CCCC(NC(=O)c2ccc(F)cc2O)C1. The molecule has 2 atom stereocenters. The highest BCUT2D eigenvalue weighted by Crippen LogP contribution is 2.24. The molecule has 2 N–H and O–H groups in total. The van der Waals surface area contributed by atoms with Gasteiger partial charge < -0.3 is 10.4 Å². The first-order chi connectivity index (χ1) is 8.56. The number of phenolic OH excluding ortho intramolecular Hbond substituents is 1. The van der Waals surface area contributed by atoms with Gasteiger partial charge >= 0.3 is 0 Å². The number of carbonyl (C=O) groups excluding carboxylic acids is 1. The number of rotatable bonds is 2. The third-order valence-corrected chi connectivity index (χ3v) is 3.48. The van der Waals surface area contributed by atoms with Gasteiger partial charge in [0, 0.05) is 12.1 Å². The fraction of sp³-hybridized carbons (Fsp3) is 0.500. The van der Waals surface area contributed by atoms with Crippen molar-refractivity contribution in [3.63, 3.8) is 0 Å². The van der Waals surface area contributed by atoms with Crippen molar-refractivity contribution in [3.8, 4) is 5.75 Å². The maximum atomic E-state index is 12.8. The van der Waals surface area contributed by atoms with E-state index in [1.807, 2.05) is 0 Å². The van der Waals surface area contributed by atoms with Gasteiger partial charge in [0.05, 0.1) is 5.56 Å². The van der Waals surface area contributed by atoms with E-state index < -0.39 is 5.82 Å². The number of nitrogens with one attached hydrogen (secondary N) is 1. The molecule has 0 heterocycles. The van der Waals surface area contributed by atoms with E-state index in [9.17, 15) is 14.3 Å². The number of amides is 1. The van der Waals surface area contributed by atoms with Crippen molar-refractivity contribution in [2.45, 2.75) is 38.6 Å². The fourth-order valence-corrected chi connectivity index (χ4v) is 2.53. The van der Waals surface area contributed by atoms with Crippen molar-refractivity contribution >= 4 is 5.91 Å². The monoisotopic (exact) mass is 251 g/mol. The third-order valence-electron chi connectivity index (χ3n) is 3.48. The molecule has 0 bridgehead atoms. The molecule has 2 rings (SSSR count). The molecule has 1 aromatic carbocycles. The highest BCUT2D eigenvalue weighted by molar-refractivity contribution is 5.96. The van der Waals surface area contributed by atoms with Crippen LogP contribution >= 0.6 is 0 Å². The minimum atomic E-state index is -0.546. The summed E-state index contributed by atoms with van der Waals surface area (Å²) in [7, 11) is 0. The lowest BCUT2D eigenvalue weighted by Crippen LogP contribution is -2.38. The highest BCUT2D eigenvalue weighted by atomic mass is 19.1. The summed E-state index contributed by atoms with van der Waals surface area (Å²) in [5, 5.41) is 12.4. The molecule has 3 nitrogen and oxygen atoms in total. The molecule has 0 radical (unpaired) electrons. The van der Waals surface area contributed by atoms with Crippen LogP contribution in [0.15, 0.2) is 18.2 Å². The van der Waals surface area contributed by atoms with Gasteiger partial charge in [-0.3, -0.25) is 4.79 Å². The van der Waals surface area contributed by atoms with Crippen molar-refractivity contribution in [1.82, 2.24) is 5.32 Å². The Balaban J connectivity index is 2.03. The third kappa shape index (κ3) is 3.00. The van der Waals surface area contributed by atoms with Crippen LogP contribution in [0.3, 0.4) is 0 Å². The van der Waals surface area contributed by atoms with Crippen molar-refractivity contribution in [1.29, 1.82) is 0 Å². The van der Waals surface area contributed by atoms with E-state index in [2.05, 4.69) is 12.2 Å². The largest absolute Gasteiger partial charge is 0.507 e. The minimum Gasteiger partial charge on any atom is -0.507 e. The van der Waals surface area contributed by atoms with Crippen LogP contribution in [0.2, 0.25) is 0 Å². The first kappa shape index (κ1) is 12.9. The number of hydrogen-bond acceptors (Lipinski definition) is 2. The van der Waals surface area contributed by atoms with Crippen LogP contribution in [0, 0.1) is 11.7 Å². The molecule has 98 valence electrons. The lowest BCUT2D eigenvalue weighted by Gasteiger charge is -2.27. The first-order valence-corrected chi connectivity index (χ1v) is 6.35. The number of hydrogen-bond donors (Lipinski definition) is 2. The molecule has 4 heteroatoms. The zero-order chi connectivity index (χ0) is 13.1. The van der Waals surface area contributed by atoms with Crippen molar-refractivity contribution in [2.75, 3.05) is 0 Å². The zero-order valence-electron chi connectivity index (χ0n) is 10.4. The van der Waals surface area contributed by atoms with Crippen LogP contribution in [0.1, 0.15) is 43.0 Å². The van der Waals surface area contributed by atoms with Crippen LogP contribution in [0.5, 0.6) is 5.75 Å². The van der Waals surface area contributed by atoms with Crippen LogP contribution in [0.4, 0.5) is 4.39 Å². The number of carbonyl (C=O) groups is 1. The highest BCUT2D eigenvalue weighted by Gasteiger charge is 2.22. The Labute approximate surface area is 106 Å². The topological polar surface area (TPSA) is 49.3 Å². The van der Waals surface area contributed by atoms with Crippen molar-refractivity contribution in [2.24, 2.45) is 5.92 Å². The zero-order valence-corrected chi connectivity index (χ0v) is 10.4. The van der Waals surface area contributed by atoms with Crippen LogP contribution in [0.25, 0.3) is 0 Å². The molecule has 1 aliphatic rings. The van der Waals surface area contributed by atoms with Gasteiger partial charge in [0.15, 0.2) is 0 Å². The summed E-state index contributed by atoms with van der Waals surface area (Å²) >= 11 is 0. The second-order valence-electron chi connectivity index (χ2n) is 5.10. The standard InChI is InChI=1S/C14H18FNO2/c1-9-3-2-4-11(7-9)16-14(18)12-6-5-10(15)8-13(12)17/h5-6,8-9,11,17H,2-4,7H2,1H3,(H,16,18). The van der Waals surface area contributed by atoms with Gasteiger partial charge in [-0.2, -0.15) is 0 Å². The Morgan fingerprint density at radius 3 is 2.89 bits per heavy atom. The molecule has 1 aliphatic carbocycles. The summed E-state index contributed by atoms with van der Waals surface area (Å²) in [5.74, 6) is -0.566. The first-order valence-electron chi connectivity index (χ1n) is 6.35. The molecule has 0 spiro atoms. The lowest BCUT2D eigenvalue weighted by atomic mass is 9.87. The smallest absolute Gasteiger partial charge is 0.255 e. The maximum Gasteiger partial charge on any atom is 0.255 e. The number of phenols is 1. The van der Waals surface area contributed by atoms with Crippen LogP contribution in [-0.4, -0.2) is 17.1 Å². The van der Waals surface area contributed by atoms with Gasteiger partial charge in [0.25, 0.3) is 5.91 Å². The molecule has 1 aromatic rings. The van der Waals surface area contributed by atoms with Gasteiger partial charge in [-0.15, -0.1) is 0 Å². The van der Waals surface area contributed by atoms with E-state index in [0.29, 0.717) is 5.92 Å². The molecular formula is C14H18FNO2. The lowest BCUT2D eigenvalue weighted by molar-refractivity contribution is 0.0918. The van der Waals surface area contributed by atoms with E-state index in [-0.39, 0.29) is 23.3 Å². The average molecular weight is 251 g/mol. The van der Waals surface area contributed by atoms with Gasteiger partial charge in [-0.05, 0) is 30.9 Å². The van der Waals surface area contributed by atoms with E-state index in [0.717, 1.165) is 25.3 Å². The van der Waals surface area contributed by atoms with E-state index in [4.69, 9.17) is 0 Å². The summed E-state index contributed by atoms with van der Waals surface area (Å²) in [6.45, 7) is 2.17. The summed E-state index contributed by atoms with van der Waals surface area (Å²) in [6, 6.07) is 3.61. The van der Waals surface area contributed by atoms with E-state index in [1.165, 1.54) is 18.6 Å². The molecular weight excluding hydrogens is 233 g/mol. The molecule has 2 unspecified atom stereocenters. The summed E-state index contributed by atoms with van der Waals surface area (Å²) in [5.41, 5.74) is 0.134. The molecule has 0 aromatic heterocycles. The summed E-state index contributed by atoms with van der Waals surface area (Å²) in [4.78, 5) is 12.0. The Hall–Kier alpha value is -1.58. The van der Waals surface area contributed by atoms with Crippen molar-refractivity contribution < 1.29 is 14.3 Å². The predicted octanol–water partition coefficient (Wildman–Crippen LogP) is 2.84. The van der Waals surface area contributed by atoms with Gasteiger partial charge in [-0.1, -0.05) is 19.8 Å². The Morgan fingerprint density at radius 2 is 2.22 bits per heavy atom. The molecule has 18 heavy (non-hydrogen) atoms. The molecule has 1 fully saturated rings. The minimum absolute atomic E-state index is 0.134. The summed E-state index contributed by atoms with van der Waals surface area (Å²) in [6.07, 6.45) is 4.25. The number of aromatic hydroxyl groups is 1. The Morgan fingerprint density at radius 1 is 1.44 bits per heavy atom. The average Bonchev–Trinajstić information content (AvgIpc) is 2.28. The Bertz CT molecular complexity index is 447. The second kappa shape index (κ2) is 5.38. The quantitative estimate of drug-likeness (QED) is 0.849. The fourth-order valence-electron chi connectivity index (χ4n) is 2.53. The Kier molecular flexibility index (Phi) is 3.84. The predicted molar refractivity (Wildman–Crippen MR) is 67.0 cm³/mol. The normalized spacial score (nSPS) is 23.7. The van der Waals surface area contributed by atoms with E-state index in [1.54, 1.807) is 0 Å². The molecule has 1 saturated carbocycles. The summed E-state index contributed by atoms with van der Waals surface area (Å²) < 4.78 is 12.8. The number of halogens is 1. The number of benzene rings is 1. The van der Waals surface area contributed by atoms with Crippen LogP contribution in [-0.2, 0) is 0 Å². The van der Waals surface area contributed by atoms with Gasteiger partial charge in [0.2, 0.25) is 0 Å². The molecule has 0 saturated heterocycles. The molecule has 0 aliphatic heterocycles. The second-order valence-corrected chi connectivity index (χ2v) is 5.10. The molecule has 1 amide bonds. The maximum absolute atomic E-state index is 12.8.